The summed E-state index contributed by atoms with van der Waals surface area (Å²) in [5, 5.41) is 17.6. The molecule has 1 aliphatic carbocycles. The monoisotopic (exact) mass is 780 g/mol. The van der Waals surface area contributed by atoms with Crippen LogP contribution in [0.4, 0.5) is 0 Å². The third-order valence-electron chi connectivity index (χ3n) is 10.9. The number of oxazole rings is 1. The zero-order chi connectivity index (χ0) is 37.9. The zero-order valence-corrected chi connectivity index (χ0v) is 33.9. The molecule has 7 rings (SSSR count). The molecule has 0 radical (unpaired) electrons. The second-order valence-corrected chi connectivity index (χ2v) is 21.5. The van der Waals surface area contributed by atoms with Gasteiger partial charge in [-0.3, -0.25) is 4.57 Å². The van der Waals surface area contributed by atoms with Gasteiger partial charge < -0.3 is 23.6 Å². The molecule has 0 saturated heterocycles. The van der Waals surface area contributed by atoms with E-state index in [4.69, 9.17) is 13.6 Å². The van der Waals surface area contributed by atoms with Crippen molar-refractivity contribution in [3.05, 3.63) is 140 Å². The van der Waals surface area contributed by atoms with Crippen LogP contribution in [0.1, 0.15) is 61.8 Å². The van der Waals surface area contributed by atoms with E-state index in [0.29, 0.717) is 47.9 Å². The molecule has 8 nitrogen and oxygen atoms in total. The van der Waals surface area contributed by atoms with Gasteiger partial charge in [-0.25, -0.2) is 9.59 Å². The van der Waals surface area contributed by atoms with E-state index in [1.54, 1.807) is 16.7 Å². The zero-order valence-electron chi connectivity index (χ0n) is 31.3. The molecule has 1 N–H and O–H groups in total. The summed E-state index contributed by atoms with van der Waals surface area (Å²) in [6, 6.07) is 34.6. The van der Waals surface area contributed by atoms with Crippen molar-refractivity contribution >= 4 is 58.4 Å². The second-order valence-electron chi connectivity index (χ2n) is 15.3. The molecule has 0 amide bonds. The first kappa shape index (κ1) is 38.2. The van der Waals surface area contributed by atoms with Crippen molar-refractivity contribution in [1.82, 2.24) is 9.47 Å². The molecule has 282 valence electrons. The van der Waals surface area contributed by atoms with Gasteiger partial charge in [0.25, 0.3) is 8.32 Å². The fraction of sp³-hybridized carbons (Fsp3) is 0.349. The number of rotatable bonds is 13. The van der Waals surface area contributed by atoms with Gasteiger partial charge in [-0.15, -0.1) is 22.7 Å². The Balaban J connectivity index is 0.984. The minimum atomic E-state index is -2.73. The van der Waals surface area contributed by atoms with Crippen molar-refractivity contribution in [1.29, 1.82) is 0 Å². The lowest BCUT2D eigenvalue weighted by Crippen LogP contribution is -2.66. The van der Waals surface area contributed by atoms with Crippen molar-refractivity contribution in [3.8, 4) is 0 Å². The molecule has 1 saturated carbocycles. The Morgan fingerprint density at radius 3 is 2.00 bits per heavy atom. The highest BCUT2D eigenvalue weighted by Crippen LogP contribution is 2.39. The van der Waals surface area contributed by atoms with Gasteiger partial charge in [0.1, 0.15) is 6.10 Å². The lowest BCUT2D eigenvalue weighted by Gasteiger charge is -2.43. The summed E-state index contributed by atoms with van der Waals surface area (Å²) in [5.41, 5.74) is 0.476. The number of benzene rings is 3. The number of ether oxygens (including phenoxy) is 1. The first-order valence-corrected chi connectivity index (χ1v) is 22.3. The Morgan fingerprint density at radius 2 is 1.46 bits per heavy atom. The number of hydrogen-bond acceptors (Lipinski definition) is 9. The van der Waals surface area contributed by atoms with E-state index >= 15 is 0 Å². The van der Waals surface area contributed by atoms with Gasteiger partial charge in [-0.05, 0) is 88.7 Å². The molecule has 0 unspecified atom stereocenters. The van der Waals surface area contributed by atoms with Crippen LogP contribution < -0.4 is 16.1 Å². The Bertz CT molecular complexity index is 2110. The lowest BCUT2D eigenvalue weighted by atomic mass is 9.91. The van der Waals surface area contributed by atoms with Crippen LogP contribution in [0.2, 0.25) is 5.04 Å². The van der Waals surface area contributed by atoms with E-state index < -0.39 is 19.9 Å². The number of aromatic nitrogens is 1. The van der Waals surface area contributed by atoms with E-state index in [-0.39, 0.29) is 22.9 Å². The van der Waals surface area contributed by atoms with E-state index in [1.807, 2.05) is 53.2 Å². The Morgan fingerprint density at radius 1 is 0.870 bits per heavy atom. The van der Waals surface area contributed by atoms with Crippen molar-refractivity contribution in [2.45, 2.75) is 82.4 Å². The van der Waals surface area contributed by atoms with Crippen LogP contribution in [0, 0.1) is 0 Å². The molecule has 11 heteroatoms. The number of fused-ring (bicyclic) bond motifs is 1. The summed E-state index contributed by atoms with van der Waals surface area (Å²) in [6.45, 7) is 8.33. The lowest BCUT2D eigenvalue weighted by molar-refractivity contribution is -0.169. The third-order valence-corrected chi connectivity index (χ3v) is 17.8. The molecular weight excluding hydrogens is 733 g/mol. The number of carbonyl (C=O) groups is 1. The van der Waals surface area contributed by atoms with Crippen molar-refractivity contribution < 1.29 is 23.5 Å². The maximum atomic E-state index is 13.5. The van der Waals surface area contributed by atoms with Crippen LogP contribution in [-0.4, -0.2) is 54.6 Å². The quantitative estimate of drug-likeness (QED) is 0.0958. The minimum absolute atomic E-state index is 0.148. The normalized spacial score (nSPS) is 16.9. The molecule has 1 aliphatic rings. The van der Waals surface area contributed by atoms with Gasteiger partial charge in [0.2, 0.25) is 5.60 Å². The van der Waals surface area contributed by atoms with E-state index in [1.165, 1.54) is 33.0 Å². The number of aliphatic hydroxyl groups is 1. The number of hydrogen-bond donors (Lipinski definition) is 1. The average molecular weight is 781 g/mol. The second kappa shape index (κ2) is 15.9. The number of esters is 1. The molecule has 3 heterocycles. The molecular formula is C43H48N2O6S2Si. The molecule has 0 bridgehead atoms. The average Bonchev–Trinajstić information content (AvgIpc) is 3.97. The van der Waals surface area contributed by atoms with E-state index in [0.717, 1.165) is 23.9 Å². The summed E-state index contributed by atoms with van der Waals surface area (Å²) in [4.78, 5) is 30.0. The van der Waals surface area contributed by atoms with Crippen LogP contribution in [0.15, 0.2) is 123 Å². The summed E-state index contributed by atoms with van der Waals surface area (Å²) in [5.74, 6) is -0.990. The number of nitrogens with zero attached hydrogens (tertiary/aromatic N) is 2. The topological polar surface area (TPSA) is 94.1 Å². The fourth-order valence-corrected chi connectivity index (χ4v) is 14.2. The van der Waals surface area contributed by atoms with Crippen LogP contribution in [0.5, 0.6) is 0 Å². The van der Waals surface area contributed by atoms with Gasteiger partial charge in [0.05, 0.1) is 21.9 Å². The molecule has 3 aromatic heterocycles. The fourth-order valence-electron chi connectivity index (χ4n) is 7.94. The molecule has 3 aromatic carbocycles. The predicted octanol–water partition coefficient (Wildman–Crippen LogP) is 7.52. The molecule has 54 heavy (non-hydrogen) atoms. The van der Waals surface area contributed by atoms with Gasteiger partial charge in [0.15, 0.2) is 5.58 Å². The Kier molecular flexibility index (Phi) is 11.3. The maximum Gasteiger partial charge on any atom is 0.419 e. The largest absolute Gasteiger partial charge is 0.460 e. The first-order chi connectivity index (χ1) is 26.0. The molecule has 1 fully saturated rings. The van der Waals surface area contributed by atoms with Crippen LogP contribution in [0.25, 0.3) is 11.1 Å². The molecule has 0 aliphatic heterocycles. The summed E-state index contributed by atoms with van der Waals surface area (Å²) in [7, 11) is -0.649. The highest BCUT2D eigenvalue weighted by Gasteiger charge is 2.50. The summed E-state index contributed by atoms with van der Waals surface area (Å²) < 4.78 is 20.6. The van der Waals surface area contributed by atoms with E-state index in [2.05, 4.69) is 81.2 Å². The van der Waals surface area contributed by atoms with Crippen molar-refractivity contribution in [2.24, 2.45) is 0 Å². The molecule has 0 atom stereocenters. The van der Waals surface area contributed by atoms with Crippen molar-refractivity contribution in [3.63, 3.8) is 0 Å². The standard InChI is InChI=1S/C43H48N2O6S2Si/c1-42(2,3)54(34-13-7-5-8-14-34,35-15-9-6-10-16-35)49-30-31-19-24-36-37(29-31)51-41(47)45(36)26-25-44(4)32-20-22-33(23-21-32)50-40(46)43(48,38-17-11-27-52-38)39-18-12-28-53-39/h5-19,24,27-29,32-33,48H,20-23,25-26,30H2,1-4H3/t32-,33-. The third kappa shape index (κ3) is 7.45. The molecule has 0 spiro atoms. The van der Waals surface area contributed by atoms with Crippen LogP contribution in [-0.2, 0) is 32.7 Å². The van der Waals surface area contributed by atoms with Gasteiger partial charge in [-0.1, -0.05) is 99.6 Å². The van der Waals surface area contributed by atoms with Gasteiger partial charge >= 0.3 is 11.7 Å². The minimum Gasteiger partial charge on any atom is -0.460 e. The van der Waals surface area contributed by atoms with Crippen LogP contribution in [0.3, 0.4) is 0 Å². The molecule has 6 aromatic rings. The smallest absolute Gasteiger partial charge is 0.419 e. The number of likely N-dealkylation sites (N-methyl/N-ethyl adjacent to an activating group) is 1. The maximum absolute atomic E-state index is 13.5. The Hall–Kier alpha value is -4.10. The predicted molar refractivity (Wildman–Crippen MR) is 219 cm³/mol. The summed E-state index contributed by atoms with van der Waals surface area (Å²) in [6.07, 6.45) is 2.85. The Labute approximate surface area is 325 Å². The van der Waals surface area contributed by atoms with Gasteiger partial charge in [0, 0.05) is 19.1 Å². The van der Waals surface area contributed by atoms with Crippen LogP contribution >= 0.6 is 22.7 Å². The van der Waals surface area contributed by atoms with Gasteiger partial charge in [-0.2, -0.15) is 0 Å². The summed E-state index contributed by atoms with van der Waals surface area (Å²) >= 11 is 2.69. The SMILES string of the molecule is CN(CCn1c(=O)oc2cc(CO[Si](c3ccccc3)(c3ccccc3)C(C)(C)C)ccc21)[C@H]1CC[C@H](OC(=O)C(O)(c2cccs2)c2cccs2)CC1. The number of carbonyl (C=O) groups excluding carboxylic acids is 1. The first-order valence-electron chi connectivity index (χ1n) is 18.6. The van der Waals surface area contributed by atoms with E-state index in [9.17, 15) is 14.7 Å². The highest BCUT2D eigenvalue weighted by atomic mass is 32.1. The van der Waals surface area contributed by atoms with Crippen molar-refractivity contribution in [2.75, 3.05) is 13.6 Å². The highest BCUT2D eigenvalue weighted by molar-refractivity contribution is 7.12. The number of thiophene rings is 2.